The number of ether oxygens (including phenoxy) is 1. The van der Waals surface area contributed by atoms with Crippen LogP contribution in [0.15, 0.2) is 18.2 Å². The molecule has 1 rings (SSSR count). The summed E-state index contributed by atoms with van der Waals surface area (Å²) >= 11 is 0. The largest absolute Gasteiger partial charge is 0.496 e. The van der Waals surface area contributed by atoms with Crippen molar-refractivity contribution in [3.05, 3.63) is 29.3 Å². The monoisotopic (exact) mass is 276 g/mol. The Morgan fingerprint density at radius 3 is 2.32 bits per heavy atom. The molecule has 0 atom stereocenters. The molecule has 106 valence electrons. The number of hydrogen-bond donors (Lipinski definition) is 1. The molecule has 1 N–H and O–H groups in total. The van der Waals surface area contributed by atoms with Gasteiger partial charge < -0.3 is 9.84 Å². The molecule has 1 aromatic carbocycles. The van der Waals surface area contributed by atoms with E-state index in [0.29, 0.717) is 0 Å². The number of hydrogen-bond acceptors (Lipinski definition) is 2. The molecule has 19 heavy (non-hydrogen) atoms. The Balaban J connectivity index is 3.35. The summed E-state index contributed by atoms with van der Waals surface area (Å²) in [5.41, 5.74) is -2.31. The first-order valence-electron chi connectivity index (χ1n) is 5.56. The van der Waals surface area contributed by atoms with Gasteiger partial charge in [-0.15, -0.1) is 0 Å². The summed E-state index contributed by atoms with van der Waals surface area (Å²) in [5.74, 6) is -1.12. The summed E-state index contributed by atoms with van der Waals surface area (Å²) in [4.78, 5) is 11.1. The van der Waals surface area contributed by atoms with Crippen LogP contribution in [0.5, 0.6) is 5.75 Å². The second-order valence-corrected chi connectivity index (χ2v) is 4.85. The van der Waals surface area contributed by atoms with E-state index in [2.05, 4.69) is 0 Å². The second kappa shape index (κ2) is 5.11. The minimum absolute atomic E-state index is 0.0455. The zero-order valence-corrected chi connectivity index (χ0v) is 10.8. The van der Waals surface area contributed by atoms with Crippen molar-refractivity contribution in [2.45, 2.75) is 26.4 Å². The molecule has 0 radical (unpaired) electrons. The molecule has 0 heterocycles. The molecule has 0 amide bonds. The first-order chi connectivity index (χ1) is 8.59. The number of alkyl halides is 3. The molecule has 0 aliphatic rings. The van der Waals surface area contributed by atoms with Gasteiger partial charge in [0, 0.05) is 5.56 Å². The lowest BCUT2D eigenvalue weighted by Gasteiger charge is -2.23. The van der Waals surface area contributed by atoms with Gasteiger partial charge in [0.25, 0.3) is 0 Å². The highest BCUT2D eigenvalue weighted by molar-refractivity contribution is 5.74. The van der Waals surface area contributed by atoms with Crippen molar-refractivity contribution in [2.24, 2.45) is 5.41 Å². The predicted octanol–water partition coefficient (Wildman–Crippen LogP) is 3.37. The van der Waals surface area contributed by atoms with Crippen LogP contribution in [0.1, 0.15) is 25.0 Å². The molecule has 0 spiro atoms. The standard InChI is InChI=1S/C13H15F3O3/c1-12(2,11(17)18)7-8-9(13(14,15)16)5-4-6-10(8)19-3/h4-6H,7H2,1-3H3,(H,17,18). The lowest BCUT2D eigenvalue weighted by molar-refractivity contribution is -0.148. The highest BCUT2D eigenvalue weighted by Gasteiger charge is 2.38. The number of rotatable bonds is 4. The SMILES string of the molecule is COc1cccc(C(F)(F)F)c1CC(C)(C)C(=O)O. The Hall–Kier alpha value is -1.72. The maximum Gasteiger partial charge on any atom is 0.416 e. The zero-order valence-electron chi connectivity index (χ0n) is 10.8. The lowest BCUT2D eigenvalue weighted by atomic mass is 9.84. The topological polar surface area (TPSA) is 46.5 Å². The number of methoxy groups -OCH3 is 1. The molecular formula is C13H15F3O3. The Bertz CT molecular complexity index is 479. The van der Waals surface area contributed by atoms with Crippen molar-refractivity contribution in [1.29, 1.82) is 0 Å². The van der Waals surface area contributed by atoms with E-state index in [1.54, 1.807) is 0 Å². The predicted molar refractivity (Wildman–Crippen MR) is 63.1 cm³/mol. The lowest BCUT2D eigenvalue weighted by Crippen LogP contribution is -2.27. The van der Waals surface area contributed by atoms with Gasteiger partial charge in [0.15, 0.2) is 0 Å². The average Bonchev–Trinajstić information content (AvgIpc) is 2.27. The molecule has 0 aromatic heterocycles. The molecule has 3 nitrogen and oxygen atoms in total. The number of aliphatic carboxylic acids is 1. The van der Waals surface area contributed by atoms with Crippen LogP contribution in [0.25, 0.3) is 0 Å². The fourth-order valence-electron chi connectivity index (χ4n) is 1.72. The first-order valence-corrected chi connectivity index (χ1v) is 5.56. The average molecular weight is 276 g/mol. The van der Waals surface area contributed by atoms with Gasteiger partial charge in [0.05, 0.1) is 18.1 Å². The molecular weight excluding hydrogens is 261 g/mol. The maximum atomic E-state index is 12.9. The van der Waals surface area contributed by atoms with Crippen molar-refractivity contribution in [1.82, 2.24) is 0 Å². The fraction of sp³-hybridized carbons (Fsp3) is 0.462. The van der Waals surface area contributed by atoms with Gasteiger partial charge in [-0.1, -0.05) is 6.07 Å². The van der Waals surface area contributed by atoms with Crippen LogP contribution >= 0.6 is 0 Å². The van der Waals surface area contributed by atoms with Crippen LogP contribution in [-0.2, 0) is 17.4 Å². The van der Waals surface area contributed by atoms with Crippen LogP contribution in [0, 0.1) is 5.41 Å². The van der Waals surface area contributed by atoms with Gasteiger partial charge >= 0.3 is 12.1 Å². The Morgan fingerprint density at radius 1 is 1.32 bits per heavy atom. The maximum absolute atomic E-state index is 12.9. The van der Waals surface area contributed by atoms with Crippen LogP contribution in [-0.4, -0.2) is 18.2 Å². The molecule has 0 aliphatic carbocycles. The van der Waals surface area contributed by atoms with Gasteiger partial charge in [-0.2, -0.15) is 13.2 Å². The Labute approximate surface area is 109 Å². The normalized spacial score (nSPS) is 12.3. The fourth-order valence-corrected chi connectivity index (χ4v) is 1.72. The van der Waals surface area contributed by atoms with E-state index >= 15 is 0 Å². The molecule has 0 aliphatic heterocycles. The molecule has 0 unspecified atom stereocenters. The molecule has 0 fully saturated rings. The minimum Gasteiger partial charge on any atom is -0.496 e. The number of halogens is 3. The van der Waals surface area contributed by atoms with Gasteiger partial charge in [0.2, 0.25) is 0 Å². The van der Waals surface area contributed by atoms with Crippen LogP contribution in [0.3, 0.4) is 0 Å². The van der Waals surface area contributed by atoms with E-state index in [1.807, 2.05) is 0 Å². The summed E-state index contributed by atoms with van der Waals surface area (Å²) < 4.78 is 43.7. The van der Waals surface area contributed by atoms with Crippen LogP contribution in [0.4, 0.5) is 13.2 Å². The van der Waals surface area contributed by atoms with Crippen molar-refractivity contribution < 1.29 is 27.8 Å². The van der Waals surface area contributed by atoms with Gasteiger partial charge in [-0.3, -0.25) is 4.79 Å². The van der Waals surface area contributed by atoms with Gasteiger partial charge in [0.1, 0.15) is 5.75 Å². The van der Waals surface area contributed by atoms with Crippen molar-refractivity contribution in [3.63, 3.8) is 0 Å². The van der Waals surface area contributed by atoms with E-state index < -0.39 is 23.1 Å². The Kier molecular flexibility index (Phi) is 4.12. The molecule has 0 saturated carbocycles. The van der Waals surface area contributed by atoms with E-state index in [-0.39, 0.29) is 17.7 Å². The van der Waals surface area contributed by atoms with Gasteiger partial charge in [-0.05, 0) is 32.4 Å². The third-order valence-electron chi connectivity index (χ3n) is 2.86. The van der Waals surface area contributed by atoms with E-state index in [1.165, 1.54) is 33.1 Å². The highest BCUT2D eigenvalue weighted by Crippen LogP contribution is 2.39. The first kappa shape index (κ1) is 15.3. The zero-order chi connectivity index (χ0) is 14.8. The second-order valence-electron chi connectivity index (χ2n) is 4.85. The van der Waals surface area contributed by atoms with E-state index in [0.717, 1.165) is 6.07 Å². The van der Waals surface area contributed by atoms with Crippen molar-refractivity contribution in [2.75, 3.05) is 7.11 Å². The van der Waals surface area contributed by atoms with Crippen molar-refractivity contribution >= 4 is 5.97 Å². The van der Waals surface area contributed by atoms with E-state index in [9.17, 15) is 18.0 Å². The highest BCUT2D eigenvalue weighted by atomic mass is 19.4. The van der Waals surface area contributed by atoms with Crippen LogP contribution in [0.2, 0.25) is 0 Å². The summed E-state index contributed by atoms with van der Waals surface area (Å²) in [7, 11) is 1.26. The number of carboxylic acids is 1. The smallest absolute Gasteiger partial charge is 0.416 e. The minimum atomic E-state index is -4.54. The Morgan fingerprint density at radius 2 is 1.89 bits per heavy atom. The molecule has 0 bridgehead atoms. The van der Waals surface area contributed by atoms with E-state index in [4.69, 9.17) is 9.84 Å². The summed E-state index contributed by atoms with van der Waals surface area (Å²) in [5, 5.41) is 9.04. The summed E-state index contributed by atoms with van der Waals surface area (Å²) in [6, 6.07) is 3.55. The van der Waals surface area contributed by atoms with Gasteiger partial charge in [-0.25, -0.2) is 0 Å². The summed E-state index contributed by atoms with van der Waals surface area (Å²) in [6.07, 6.45) is -4.81. The molecule has 1 aromatic rings. The number of carboxylic acid groups (broad SMARTS) is 1. The quantitative estimate of drug-likeness (QED) is 0.917. The van der Waals surface area contributed by atoms with Crippen LogP contribution < -0.4 is 4.74 Å². The summed E-state index contributed by atoms with van der Waals surface area (Å²) in [6.45, 7) is 2.75. The van der Waals surface area contributed by atoms with Crippen molar-refractivity contribution in [3.8, 4) is 5.75 Å². The molecule has 6 heteroatoms. The third-order valence-corrected chi connectivity index (χ3v) is 2.86. The molecule has 0 saturated heterocycles. The number of benzene rings is 1. The number of carbonyl (C=O) groups is 1. The third kappa shape index (κ3) is 3.39.